The molecule has 2 unspecified atom stereocenters. The topological polar surface area (TPSA) is 3.24 Å². The van der Waals surface area contributed by atoms with Crippen LogP contribution in [-0.2, 0) is 12.8 Å². The zero-order valence-corrected chi connectivity index (χ0v) is 24.3. The zero-order valence-electron chi connectivity index (χ0n) is 24.3. The van der Waals surface area contributed by atoms with Gasteiger partial charge in [-0.25, -0.2) is 17.6 Å². The van der Waals surface area contributed by atoms with Crippen molar-refractivity contribution in [3.8, 4) is 0 Å². The van der Waals surface area contributed by atoms with Crippen molar-refractivity contribution in [3.63, 3.8) is 0 Å². The predicted octanol–water partition coefficient (Wildman–Crippen LogP) is 10.6. The molecular weight excluding hydrogens is 510 g/mol. The molecule has 5 rings (SSSR count). The summed E-state index contributed by atoms with van der Waals surface area (Å²) in [6.45, 7) is 4.42. The average molecular weight is 554 g/mol. The summed E-state index contributed by atoms with van der Waals surface area (Å²) in [6.07, 6.45) is 15.6. The maximum Gasteiger partial charge on any atom is 0.197 e. The second kappa shape index (κ2) is 12.6. The average Bonchev–Trinajstić information content (AvgIpc) is 3.42. The van der Waals surface area contributed by atoms with Crippen LogP contribution in [0.1, 0.15) is 136 Å². The monoisotopic (exact) mass is 553 g/mol. The van der Waals surface area contributed by atoms with Gasteiger partial charge >= 0.3 is 0 Å². The number of halogens is 4. The Morgan fingerprint density at radius 2 is 0.900 bits per heavy atom. The Balaban J connectivity index is 1.61. The van der Waals surface area contributed by atoms with E-state index < -0.39 is 35.4 Å². The fourth-order valence-electron chi connectivity index (χ4n) is 7.40. The molecule has 0 saturated carbocycles. The van der Waals surface area contributed by atoms with Crippen LogP contribution < -0.4 is 0 Å². The van der Waals surface area contributed by atoms with E-state index in [9.17, 15) is 8.78 Å². The van der Waals surface area contributed by atoms with Crippen molar-refractivity contribution in [1.82, 2.24) is 4.90 Å². The molecule has 2 heterocycles. The van der Waals surface area contributed by atoms with Crippen molar-refractivity contribution < 1.29 is 17.6 Å². The largest absolute Gasteiger partial charge is 0.284 e. The molecule has 0 aromatic heterocycles. The van der Waals surface area contributed by atoms with Gasteiger partial charge in [0.05, 0.1) is 12.1 Å². The number of hydrogen-bond acceptors (Lipinski definition) is 1. The van der Waals surface area contributed by atoms with E-state index in [1.807, 2.05) is 24.1 Å². The Morgan fingerprint density at radius 1 is 0.525 bits per heavy atom. The minimum atomic E-state index is -1.70. The van der Waals surface area contributed by atoms with Crippen LogP contribution in [0.4, 0.5) is 17.6 Å². The van der Waals surface area contributed by atoms with Crippen molar-refractivity contribution >= 4 is 10.8 Å². The van der Waals surface area contributed by atoms with E-state index in [0.29, 0.717) is 0 Å². The van der Waals surface area contributed by atoms with E-state index in [4.69, 9.17) is 0 Å². The van der Waals surface area contributed by atoms with E-state index in [-0.39, 0.29) is 11.1 Å². The summed E-state index contributed by atoms with van der Waals surface area (Å²) >= 11 is 0. The lowest BCUT2D eigenvalue weighted by Gasteiger charge is -2.27. The van der Waals surface area contributed by atoms with E-state index >= 15 is 8.78 Å². The first-order valence-electron chi connectivity index (χ1n) is 15.6. The number of hydrogen-bond donors (Lipinski definition) is 0. The second-order valence-electron chi connectivity index (χ2n) is 11.9. The minimum Gasteiger partial charge on any atom is -0.284 e. The van der Waals surface area contributed by atoms with Crippen molar-refractivity contribution in [2.45, 2.75) is 116 Å². The fraction of sp³-hybridized carbons (Fsp3) is 0.543. The summed E-state index contributed by atoms with van der Waals surface area (Å²) in [5.74, 6) is -5.89. The molecule has 2 aliphatic heterocycles. The van der Waals surface area contributed by atoms with Crippen LogP contribution >= 0.6 is 0 Å². The van der Waals surface area contributed by atoms with Crippen LogP contribution in [0, 0.1) is 23.3 Å². The Kier molecular flexibility index (Phi) is 9.19. The molecule has 0 N–H and O–H groups in total. The summed E-state index contributed by atoms with van der Waals surface area (Å²) in [7, 11) is 1.84. The van der Waals surface area contributed by atoms with E-state index in [1.54, 1.807) is 0 Å². The van der Waals surface area contributed by atoms with E-state index in [0.717, 1.165) is 49.7 Å². The number of fused-ring (bicyclic) bond motifs is 9. The molecule has 1 nitrogen and oxygen atoms in total. The molecule has 0 amide bonds. The molecule has 0 saturated heterocycles. The fourth-order valence-corrected chi connectivity index (χ4v) is 7.40. The van der Waals surface area contributed by atoms with Crippen molar-refractivity contribution in [3.05, 3.63) is 80.9 Å². The van der Waals surface area contributed by atoms with Gasteiger partial charge < -0.3 is 0 Å². The third kappa shape index (κ3) is 4.97. The van der Waals surface area contributed by atoms with Gasteiger partial charge in [-0.05, 0) is 65.8 Å². The lowest BCUT2D eigenvalue weighted by molar-refractivity contribution is 0.290. The van der Waals surface area contributed by atoms with Gasteiger partial charge in [0.25, 0.3) is 0 Å². The minimum absolute atomic E-state index is 0.0126. The Bertz CT molecular complexity index is 1260. The molecule has 0 aliphatic carbocycles. The highest BCUT2D eigenvalue weighted by Gasteiger charge is 2.53. The van der Waals surface area contributed by atoms with E-state index in [2.05, 4.69) is 26.0 Å². The number of aryl methyl sites for hydroxylation is 2. The SMILES string of the molecule is CCCCCCCCc1c2c(c(CCCCCCCC)c3ccccc13)C1c3c(F)c(F)c(F)c(F)c3C2N1C. The van der Waals surface area contributed by atoms with E-state index in [1.165, 1.54) is 73.3 Å². The quantitative estimate of drug-likeness (QED) is 0.0831. The lowest BCUT2D eigenvalue weighted by atomic mass is 9.76. The Morgan fingerprint density at radius 3 is 1.30 bits per heavy atom. The first-order chi connectivity index (χ1) is 19.4. The van der Waals surface area contributed by atoms with Crippen LogP contribution in [0.2, 0.25) is 0 Å². The molecule has 5 heteroatoms. The van der Waals surface area contributed by atoms with Crippen molar-refractivity contribution in [2.75, 3.05) is 7.05 Å². The van der Waals surface area contributed by atoms with Gasteiger partial charge in [-0.1, -0.05) is 102 Å². The van der Waals surface area contributed by atoms with Crippen LogP contribution in [0.5, 0.6) is 0 Å². The van der Waals surface area contributed by atoms with Gasteiger partial charge in [-0.15, -0.1) is 0 Å². The van der Waals surface area contributed by atoms with Crippen LogP contribution in [0.3, 0.4) is 0 Å². The smallest absolute Gasteiger partial charge is 0.197 e. The summed E-state index contributed by atoms with van der Waals surface area (Å²) in [5, 5.41) is 2.34. The summed E-state index contributed by atoms with van der Waals surface area (Å²) in [4.78, 5) is 1.94. The summed E-state index contributed by atoms with van der Waals surface area (Å²) in [6, 6.07) is 7.19. The van der Waals surface area contributed by atoms with Gasteiger partial charge in [0.1, 0.15) is 0 Å². The molecule has 216 valence electrons. The maximum absolute atomic E-state index is 15.4. The molecule has 2 bridgehead atoms. The Labute approximate surface area is 237 Å². The third-order valence-corrected chi connectivity index (χ3v) is 9.33. The van der Waals surface area contributed by atoms with Crippen LogP contribution in [-0.4, -0.2) is 11.9 Å². The third-order valence-electron chi connectivity index (χ3n) is 9.33. The highest BCUT2D eigenvalue weighted by Crippen LogP contribution is 2.60. The molecule has 0 spiro atoms. The first kappa shape index (κ1) is 29.1. The van der Waals surface area contributed by atoms with Crippen LogP contribution in [0.25, 0.3) is 10.8 Å². The molecular formula is C35H43F4N. The van der Waals surface area contributed by atoms with Gasteiger partial charge in [0.2, 0.25) is 0 Å². The molecule has 3 aromatic rings. The lowest BCUT2D eigenvalue weighted by Crippen LogP contribution is -2.16. The molecule has 40 heavy (non-hydrogen) atoms. The Hall–Kier alpha value is -2.40. The molecule has 2 aliphatic rings. The number of rotatable bonds is 14. The molecule has 3 aromatic carbocycles. The highest BCUT2D eigenvalue weighted by molar-refractivity contribution is 5.93. The second-order valence-corrected chi connectivity index (χ2v) is 11.9. The number of nitrogens with zero attached hydrogens (tertiary/aromatic N) is 1. The molecule has 0 radical (unpaired) electrons. The van der Waals surface area contributed by atoms with Gasteiger partial charge in [0.15, 0.2) is 23.3 Å². The van der Waals surface area contributed by atoms with Crippen molar-refractivity contribution in [1.29, 1.82) is 0 Å². The normalized spacial score (nSPS) is 17.7. The molecule has 0 fully saturated rings. The van der Waals surface area contributed by atoms with Gasteiger partial charge in [0, 0.05) is 11.1 Å². The molecule has 2 atom stereocenters. The predicted molar refractivity (Wildman–Crippen MR) is 156 cm³/mol. The maximum atomic E-state index is 15.4. The van der Waals surface area contributed by atoms with Crippen LogP contribution in [0.15, 0.2) is 24.3 Å². The first-order valence-corrected chi connectivity index (χ1v) is 15.6. The summed E-state index contributed by atoms with van der Waals surface area (Å²) < 4.78 is 59.8. The standard InChI is InChI=1S/C35H43F4N/c1-4-6-8-10-12-14-20-24-22-18-16-17-19-23(22)25(21-15-13-11-9-7-5-2)27-26(24)34-28-29(35(27)40(34)3)31(37)33(39)32(38)30(28)36/h16-19,34-35H,4-15,20-21H2,1-3H3. The number of benzene rings is 3. The van der Waals surface area contributed by atoms with Crippen molar-refractivity contribution in [2.24, 2.45) is 0 Å². The van der Waals surface area contributed by atoms with Gasteiger partial charge in [-0.2, -0.15) is 0 Å². The van der Waals surface area contributed by atoms with Gasteiger partial charge in [-0.3, -0.25) is 4.90 Å². The number of unbranched alkanes of at least 4 members (excludes halogenated alkanes) is 10. The zero-order chi connectivity index (χ0) is 28.4. The summed E-state index contributed by atoms with van der Waals surface area (Å²) in [5.41, 5.74) is 4.34. The highest BCUT2D eigenvalue weighted by atomic mass is 19.2.